The van der Waals surface area contributed by atoms with E-state index in [4.69, 9.17) is 9.79 Å². The Bertz CT molecular complexity index is 227. The maximum Gasteiger partial charge on any atom is 0.393 e. The Morgan fingerprint density at radius 2 is 1.92 bits per heavy atom. The maximum absolute atomic E-state index is 11.6. The van der Waals surface area contributed by atoms with Gasteiger partial charge in [0.25, 0.3) is 0 Å². The molecule has 0 aromatic carbocycles. The van der Waals surface area contributed by atoms with Gasteiger partial charge in [-0.25, -0.2) is 0 Å². The van der Waals surface area contributed by atoms with Gasteiger partial charge in [-0.3, -0.25) is 4.57 Å². The molecule has 0 rings (SSSR count). The van der Waals surface area contributed by atoms with Gasteiger partial charge in [-0.05, 0) is 6.92 Å². The van der Waals surface area contributed by atoms with E-state index in [1.807, 2.05) is 0 Å². The van der Waals surface area contributed by atoms with Gasteiger partial charge < -0.3 is 9.79 Å². The lowest BCUT2D eigenvalue weighted by molar-refractivity contribution is -0.126. The van der Waals surface area contributed by atoms with Crippen molar-refractivity contribution in [3.8, 4) is 0 Å². The minimum atomic E-state index is -4.73. The fourth-order valence-electron chi connectivity index (χ4n) is 0.579. The molecule has 7 heteroatoms. The molecule has 72 valence electrons. The summed E-state index contributed by atoms with van der Waals surface area (Å²) in [6, 6.07) is 0. The molecule has 0 atom stereocenters. The Hall–Kier alpha value is -0.320. The van der Waals surface area contributed by atoms with Crippen molar-refractivity contribution in [2.45, 2.75) is 19.5 Å². The van der Waals surface area contributed by atoms with E-state index in [9.17, 15) is 17.7 Å². The molecule has 0 fully saturated rings. The van der Waals surface area contributed by atoms with Crippen molar-refractivity contribution in [3.05, 3.63) is 11.4 Å². The van der Waals surface area contributed by atoms with Crippen molar-refractivity contribution < 1.29 is 27.5 Å². The number of hydrogen-bond acceptors (Lipinski definition) is 1. The van der Waals surface area contributed by atoms with E-state index < -0.39 is 25.5 Å². The van der Waals surface area contributed by atoms with Crippen LogP contribution in [0.4, 0.5) is 13.2 Å². The molecular formula is C5H8F3O3P. The van der Waals surface area contributed by atoms with Crippen molar-refractivity contribution in [1.82, 2.24) is 0 Å². The second-order valence-corrected chi connectivity index (χ2v) is 3.78. The van der Waals surface area contributed by atoms with E-state index in [0.29, 0.717) is 0 Å². The topological polar surface area (TPSA) is 57.5 Å². The molecule has 0 bridgehead atoms. The zero-order valence-corrected chi connectivity index (χ0v) is 7.06. The number of halogens is 3. The first-order valence-corrected chi connectivity index (χ1v) is 4.56. The molecule has 0 heterocycles. The van der Waals surface area contributed by atoms with Crippen molar-refractivity contribution in [1.29, 1.82) is 0 Å². The molecular weight excluding hydrogens is 196 g/mol. The third kappa shape index (κ3) is 4.54. The molecule has 0 radical (unpaired) electrons. The molecule has 2 N–H and O–H groups in total. The van der Waals surface area contributed by atoms with E-state index in [-0.39, 0.29) is 0 Å². The lowest BCUT2D eigenvalue weighted by Crippen LogP contribution is -2.08. The summed E-state index contributed by atoms with van der Waals surface area (Å²) < 4.78 is 45.3. The summed E-state index contributed by atoms with van der Waals surface area (Å²) in [6.45, 7) is 1.15. The summed E-state index contributed by atoms with van der Waals surface area (Å²) in [5.41, 5.74) is 0. The summed E-state index contributed by atoms with van der Waals surface area (Å²) >= 11 is 0. The number of hydrogen-bond donors (Lipinski definition) is 2. The minimum Gasteiger partial charge on any atom is -0.321 e. The van der Waals surface area contributed by atoms with Crippen LogP contribution in [0.3, 0.4) is 0 Å². The fraction of sp³-hybridized carbons (Fsp3) is 0.600. The summed E-state index contributed by atoms with van der Waals surface area (Å²) in [5.74, 6) is 0. The highest BCUT2D eigenvalue weighted by atomic mass is 31.2. The maximum atomic E-state index is 11.6. The summed E-state index contributed by atoms with van der Waals surface area (Å²) in [4.78, 5) is 16.8. The van der Waals surface area contributed by atoms with Crippen LogP contribution in [0, 0.1) is 0 Å². The van der Waals surface area contributed by atoms with E-state index in [1.54, 1.807) is 0 Å². The van der Waals surface area contributed by atoms with Gasteiger partial charge in [-0.1, -0.05) is 6.08 Å². The number of alkyl halides is 3. The quantitative estimate of drug-likeness (QED) is 0.676. The van der Waals surface area contributed by atoms with Crippen LogP contribution in [0.1, 0.15) is 13.3 Å². The second kappa shape index (κ2) is 3.60. The SMILES string of the molecule is CC=C(CC(F)(F)F)P(=O)(O)O. The summed E-state index contributed by atoms with van der Waals surface area (Å²) in [5, 5.41) is -0.894. The zero-order chi connectivity index (χ0) is 9.99. The lowest BCUT2D eigenvalue weighted by atomic mass is 10.4. The van der Waals surface area contributed by atoms with Crippen LogP contribution in [-0.4, -0.2) is 16.0 Å². The molecule has 12 heavy (non-hydrogen) atoms. The highest BCUT2D eigenvalue weighted by Crippen LogP contribution is 2.49. The van der Waals surface area contributed by atoms with Gasteiger partial charge in [0.05, 0.1) is 6.42 Å². The van der Waals surface area contributed by atoms with Crippen molar-refractivity contribution in [2.75, 3.05) is 0 Å². The average molecular weight is 204 g/mol. The van der Waals surface area contributed by atoms with Crippen LogP contribution >= 0.6 is 7.60 Å². The van der Waals surface area contributed by atoms with Crippen molar-refractivity contribution in [2.24, 2.45) is 0 Å². The Morgan fingerprint density at radius 1 is 1.50 bits per heavy atom. The predicted molar refractivity (Wildman–Crippen MR) is 36.5 cm³/mol. The van der Waals surface area contributed by atoms with E-state index in [2.05, 4.69) is 0 Å². The largest absolute Gasteiger partial charge is 0.393 e. The standard InChI is InChI=1S/C5H8F3O3P/c1-2-4(12(9,10)11)3-5(6,7)8/h2H,3H2,1H3,(H2,9,10,11). The van der Waals surface area contributed by atoms with Crippen LogP contribution in [0.5, 0.6) is 0 Å². The van der Waals surface area contributed by atoms with Gasteiger partial charge in [-0.15, -0.1) is 0 Å². The minimum absolute atomic E-state index is 0.786. The first-order valence-electron chi connectivity index (χ1n) is 2.95. The highest BCUT2D eigenvalue weighted by molar-refractivity contribution is 7.56. The van der Waals surface area contributed by atoms with Crippen LogP contribution in [0.25, 0.3) is 0 Å². The van der Waals surface area contributed by atoms with E-state index in [0.717, 1.165) is 13.0 Å². The smallest absolute Gasteiger partial charge is 0.321 e. The number of allylic oxidation sites excluding steroid dienone is 2. The van der Waals surface area contributed by atoms with Crippen LogP contribution < -0.4 is 0 Å². The fourth-order valence-corrected chi connectivity index (χ4v) is 1.30. The van der Waals surface area contributed by atoms with Gasteiger partial charge in [0, 0.05) is 5.31 Å². The zero-order valence-electron chi connectivity index (χ0n) is 6.17. The molecule has 0 saturated heterocycles. The first kappa shape index (κ1) is 11.7. The van der Waals surface area contributed by atoms with Crippen LogP contribution in [0.2, 0.25) is 0 Å². The first-order chi connectivity index (χ1) is 5.17. The van der Waals surface area contributed by atoms with Gasteiger partial charge in [-0.2, -0.15) is 13.2 Å². The second-order valence-electron chi connectivity index (χ2n) is 2.12. The Morgan fingerprint density at radius 3 is 2.00 bits per heavy atom. The molecule has 0 aliphatic rings. The normalized spacial score (nSPS) is 15.0. The molecule has 0 aliphatic carbocycles. The molecule has 0 aliphatic heterocycles. The predicted octanol–water partition coefficient (Wildman–Crippen LogP) is 2.02. The van der Waals surface area contributed by atoms with Gasteiger partial charge in [0.1, 0.15) is 0 Å². The van der Waals surface area contributed by atoms with Gasteiger partial charge in [0.2, 0.25) is 0 Å². The molecule has 3 nitrogen and oxygen atoms in total. The van der Waals surface area contributed by atoms with Gasteiger partial charge in [0.15, 0.2) is 0 Å². The van der Waals surface area contributed by atoms with Crippen molar-refractivity contribution >= 4 is 7.60 Å². The Kier molecular flexibility index (Phi) is 3.50. The monoisotopic (exact) mass is 204 g/mol. The van der Waals surface area contributed by atoms with Gasteiger partial charge >= 0.3 is 13.8 Å². The highest BCUT2D eigenvalue weighted by Gasteiger charge is 2.34. The summed E-state index contributed by atoms with van der Waals surface area (Å²) in [7, 11) is -4.73. The molecule has 0 unspecified atom stereocenters. The lowest BCUT2D eigenvalue weighted by Gasteiger charge is -2.10. The molecule has 0 amide bonds. The third-order valence-electron chi connectivity index (χ3n) is 1.09. The van der Waals surface area contributed by atoms with Crippen LogP contribution in [-0.2, 0) is 4.57 Å². The van der Waals surface area contributed by atoms with Crippen LogP contribution in [0.15, 0.2) is 11.4 Å². The third-order valence-corrected chi connectivity index (χ3v) is 2.25. The Labute approximate surface area is 67.1 Å². The summed E-state index contributed by atoms with van der Waals surface area (Å²) in [6.07, 6.45) is -5.36. The molecule has 0 spiro atoms. The van der Waals surface area contributed by atoms with E-state index in [1.165, 1.54) is 0 Å². The van der Waals surface area contributed by atoms with E-state index >= 15 is 0 Å². The van der Waals surface area contributed by atoms with Crippen molar-refractivity contribution in [3.63, 3.8) is 0 Å². The molecule has 0 aromatic heterocycles. The average Bonchev–Trinajstić information content (AvgIpc) is 1.78. The Balaban J connectivity index is 4.55. The molecule has 0 saturated carbocycles. The number of rotatable bonds is 2. The molecule has 0 aromatic rings.